The van der Waals surface area contributed by atoms with Crippen LogP contribution in [0.4, 0.5) is 0 Å². The summed E-state index contributed by atoms with van der Waals surface area (Å²) >= 11 is 0. The lowest BCUT2D eigenvalue weighted by atomic mass is 10.2. The van der Waals surface area contributed by atoms with Crippen LogP contribution in [0, 0.1) is 0 Å². The Kier molecular flexibility index (Phi) is 5.66. The molecule has 1 aromatic heterocycles. The van der Waals surface area contributed by atoms with Crippen LogP contribution in [-0.2, 0) is 21.2 Å². The van der Waals surface area contributed by atoms with Crippen LogP contribution in [0.15, 0.2) is 4.90 Å². The predicted octanol–water partition coefficient (Wildman–Crippen LogP) is -0.272. The number of H-pyrrole nitrogens is 1. The summed E-state index contributed by atoms with van der Waals surface area (Å²) in [5, 5.41) is 11.5. The van der Waals surface area contributed by atoms with Crippen molar-refractivity contribution in [1.29, 1.82) is 0 Å². The zero-order valence-corrected chi connectivity index (χ0v) is 12.7. The first-order chi connectivity index (χ1) is 9.32. The number of carbonyl (C=O) groups is 1. The van der Waals surface area contributed by atoms with Crippen molar-refractivity contribution in [1.82, 2.24) is 15.1 Å². The number of nitrogens with one attached hydrogen (secondary N) is 1. The molecule has 0 unspecified atom stereocenters. The number of nitrogens with zero attached hydrogens (tertiary/aromatic N) is 2. The first-order valence-corrected chi connectivity index (χ1v) is 7.72. The van der Waals surface area contributed by atoms with Crippen molar-refractivity contribution < 1.29 is 17.9 Å². The summed E-state index contributed by atoms with van der Waals surface area (Å²) in [5.41, 5.74) is 0.172. The molecule has 0 radical (unpaired) electrons. The molecule has 0 aliphatic heterocycles. The first-order valence-electron chi connectivity index (χ1n) is 6.17. The minimum Gasteiger partial charge on any atom is -0.385 e. The highest BCUT2D eigenvalue weighted by Gasteiger charge is 2.28. The number of primary sulfonamides is 1. The number of hydrogen-bond acceptors (Lipinski definition) is 5. The van der Waals surface area contributed by atoms with Crippen LogP contribution in [0.5, 0.6) is 0 Å². The summed E-state index contributed by atoms with van der Waals surface area (Å²) < 4.78 is 28.1. The van der Waals surface area contributed by atoms with E-state index in [0.29, 0.717) is 31.7 Å². The van der Waals surface area contributed by atoms with Gasteiger partial charge in [-0.25, -0.2) is 13.6 Å². The van der Waals surface area contributed by atoms with Gasteiger partial charge in [0.15, 0.2) is 5.69 Å². The van der Waals surface area contributed by atoms with Crippen LogP contribution in [0.25, 0.3) is 0 Å². The van der Waals surface area contributed by atoms with Crippen LogP contribution in [-0.4, -0.2) is 56.7 Å². The molecule has 0 bridgehead atoms. The molecule has 9 heteroatoms. The van der Waals surface area contributed by atoms with Crippen molar-refractivity contribution >= 4 is 15.9 Å². The normalized spacial score (nSPS) is 11.6. The number of hydrogen-bond donors (Lipinski definition) is 2. The second kappa shape index (κ2) is 6.82. The Balaban J connectivity index is 3.02. The van der Waals surface area contributed by atoms with Crippen molar-refractivity contribution in [2.45, 2.75) is 24.7 Å². The number of methoxy groups -OCH3 is 1. The van der Waals surface area contributed by atoms with E-state index in [1.54, 1.807) is 21.1 Å². The number of aryl methyl sites for hydroxylation is 1. The van der Waals surface area contributed by atoms with Gasteiger partial charge >= 0.3 is 0 Å². The van der Waals surface area contributed by atoms with E-state index < -0.39 is 15.9 Å². The molecule has 1 heterocycles. The summed E-state index contributed by atoms with van der Waals surface area (Å²) in [5.74, 6) is -0.485. The Bertz CT molecular complexity index is 567. The monoisotopic (exact) mass is 304 g/mol. The molecule has 1 amide bonds. The zero-order chi connectivity index (χ0) is 15.3. The summed E-state index contributed by atoms with van der Waals surface area (Å²) in [6, 6.07) is 0. The van der Waals surface area contributed by atoms with Crippen molar-refractivity contribution in [3.05, 3.63) is 11.4 Å². The average Bonchev–Trinajstić information content (AvgIpc) is 2.81. The van der Waals surface area contributed by atoms with Gasteiger partial charge in [-0.1, -0.05) is 6.92 Å². The molecular formula is C11H20N4O4S. The number of amides is 1. The Hall–Kier alpha value is -1.45. The van der Waals surface area contributed by atoms with Gasteiger partial charge in [-0.05, 0) is 12.8 Å². The molecule has 0 aromatic carbocycles. The van der Waals surface area contributed by atoms with Crippen LogP contribution in [0.1, 0.15) is 29.5 Å². The molecule has 114 valence electrons. The fraction of sp³-hybridized carbons (Fsp3) is 0.636. The van der Waals surface area contributed by atoms with E-state index in [1.165, 1.54) is 4.90 Å². The Labute approximate surface area is 118 Å². The van der Waals surface area contributed by atoms with Crippen molar-refractivity contribution in [3.8, 4) is 0 Å². The summed E-state index contributed by atoms with van der Waals surface area (Å²) in [7, 11) is -0.856. The number of aromatic nitrogens is 2. The van der Waals surface area contributed by atoms with Crippen LogP contribution < -0.4 is 5.14 Å². The second-order valence-electron chi connectivity index (χ2n) is 4.35. The quantitative estimate of drug-likeness (QED) is 0.672. The van der Waals surface area contributed by atoms with E-state index in [2.05, 4.69) is 10.2 Å². The molecule has 3 N–H and O–H groups in total. The van der Waals surface area contributed by atoms with Gasteiger partial charge < -0.3 is 9.64 Å². The molecule has 0 aliphatic carbocycles. The topological polar surface area (TPSA) is 118 Å². The molecular weight excluding hydrogens is 284 g/mol. The molecule has 0 saturated heterocycles. The maximum atomic E-state index is 12.2. The molecule has 20 heavy (non-hydrogen) atoms. The van der Waals surface area contributed by atoms with Crippen LogP contribution in [0.2, 0.25) is 0 Å². The molecule has 0 fully saturated rings. The van der Waals surface area contributed by atoms with Gasteiger partial charge in [-0.3, -0.25) is 9.89 Å². The number of sulfonamides is 1. The molecule has 0 atom stereocenters. The first kappa shape index (κ1) is 16.6. The number of carbonyl (C=O) groups excluding carboxylic acids is 1. The molecule has 0 saturated carbocycles. The Morgan fingerprint density at radius 1 is 1.50 bits per heavy atom. The third-order valence-electron chi connectivity index (χ3n) is 2.82. The van der Waals surface area contributed by atoms with Gasteiger partial charge in [0.05, 0.1) is 5.69 Å². The largest absolute Gasteiger partial charge is 0.385 e. The van der Waals surface area contributed by atoms with E-state index >= 15 is 0 Å². The molecule has 1 aromatic rings. The lowest BCUT2D eigenvalue weighted by Crippen LogP contribution is -2.30. The summed E-state index contributed by atoms with van der Waals surface area (Å²) in [4.78, 5) is 13.4. The maximum absolute atomic E-state index is 12.2. The van der Waals surface area contributed by atoms with Crippen LogP contribution in [0.3, 0.4) is 0 Å². The predicted molar refractivity (Wildman–Crippen MR) is 72.8 cm³/mol. The zero-order valence-electron chi connectivity index (χ0n) is 11.8. The van der Waals surface area contributed by atoms with E-state index in [4.69, 9.17) is 9.88 Å². The maximum Gasteiger partial charge on any atom is 0.275 e. The highest BCUT2D eigenvalue weighted by Crippen LogP contribution is 2.18. The second-order valence-corrected chi connectivity index (χ2v) is 5.85. The number of nitrogens with two attached hydrogens (primary N) is 1. The van der Waals surface area contributed by atoms with E-state index in [9.17, 15) is 13.2 Å². The lowest BCUT2D eigenvalue weighted by Gasteiger charge is -2.16. The van der Waals surface area contributed by atoms with Gasteiger partial charge in [0.25, 0.3) is 5.91 Å². The van der Waals surface area contributed by atoms with Gasteiger partial charge in [-0.15, -0.1) is 0 Å². The fourth-order valence-electron chi connectivity index (χ4n) is 1.79. The Morgan fingerprint density at radius 2 is 2.15 bits per heavy atom. The lowest BCUT2D eigenvalue weighted by molar-refractivity contribution is 0.0769. The molecule has 8 nitrogen and oxygen atoms in total. The molecule has 1 rings (SSSR count). The summed E-state index contributed by atoms with van der Waals surface area (Å²) in [6.07, 6.45) is 1.04. The standard InChI is InChI=1S/C11H20N4O4S/c1-4-8-10(20(12,17)18)9(14-13-8)11(16)15(2)6-5-7-19-3/h4-7H2,1-3H3,(H,13,14)(H2,12,17,18). The third kappa shape index (κ3) is 3.78. The number of rotatable bonds is 7. The van der Waals surface area contributed by atoms with Crippen molar-refractivity contribution in [2.75, 3.05) is 27.3 Å². The fourth-order valence-corrected chi connectivity index (χ4v) is 2.72. The highest BCUT2D eigenvalue weighted by molar-refractivity contribution is 7.89. The number of aromatic amines is 1. The Morgan fingerprint density at radius 3 is 2.65 bits per heavy atom. The van der Waals surface area contributed by atoms with Gasteiger partial charge in [0.2, 0.25) is 10.0 Å². The van der Waals surface area contributed by atoms with Crippen LogP contribution >= 0.6 is 0 Å². The average molecular weight is 304 g/mol. The van der Waals surface area contributed by atoms with Gasteiger partial charge in [0, 0.05) is 27.3 Å². The number of ether oxygens (including phenoxy) is 1. The minimum atomic E-state index is -4.00. The minimum absolute atomic E-state index is 0.163. The third-order valence-corrected chi connectivity index (χ3v) is 3.83. The molecule has 0 spiro atoms. The van der Waals surface area contributed by atoms with Gasteiger partial charge in [-0.2, -0.15) is 5.10 Å². The summed E-state index contributed by atoms with van der Waals surface area (Å²) in [6.45, 7) is 2.70. The SMILES string of the molecule is CCc1[nH]nc(C(=O)N(C)CCCOC)c1S(N)(=O)=O. The molecule has 0 aliphatic rings. The van der Waals surface area contributed by atoms with E-state index in [1.807, 2.05) is 0 Å². The van der Waals surface area contributed by atoms with Crippen molar-refractivity contribution in [3.63, 3.8) is 0 Å². The van der Waals surface area contributed by atoms with Crippen molar-refractivity contribution in [2.24, 2.45) is 5.14 Å². The smallest absolute Gasteiger partial charge is 0.275 e. The van der Waals surface area contributed by atoms with E-state index in [0.717, 1.165) is 0 Å². The van der Waals surface area contributed by atoms with E-state index in [-0.39, 0.29) is 10.6 Å². The van der Waals surface area contributed by atoms with Gasteiger partial charge in [0.1, 0.15) is 4.90 Å². The highest BCUT2D eigenvalue weighted by atomic mass is 32.2.